The first-order valence-electron chi connectivity index (χ1n) is 5.65. The molecule has 0 amide bonds. The minimum Gasteiger partial charge on any atom is -0.302 e. The van der Waals surface area contributed by atoms with Crippen LogP contribution in [0.4, 0.5) is 0 Å². The zero-order valence-corrected chi connectivity index (χ0v) is 10.9. The number of hydrogen-bond acceptors (Lipinski definition) is 2. The summed E-state index contributed by atoms with van der Waals surface area (Å²) in [6.45, 7) is 5.84. The van der Waals surface area contributed by atoms with Crippen molar-refractivity contribution in [1.82, 2.24) is 4.90 Å². The molecule has 0 aliphatic carbocycles. The Hall–Kier alpha value is -1.15. The predicted octanol–water partition coefficient (Wildman–Crippen LogP) is 2.89. The van der Waals surface area contributed by atoms with E-state index in [-0.39, 0.29) is 11.8 Å². The fourth-order valence-electron chi connectivity index (χ4n) is 1.96. The fraction of sp³-hybridized carbons (Fsp3) is 0.500. The average Bonchev–Trinajstić information content (AvgIpc) is 2.18. The van der Waals surface area contributed by atoms with E-state index in [9.17, 15) is 4.79 Å². The maximum Gasteiger partial charge on any atom is 0.131 e. The topological polar surface area (TPSA) is 20.3 Å². The smallest absolute Gasteiger partial charge is 0.131 e. The zero-order chi connectivity index (χ0) is 12.3. The zero-order valence-electron chi connectivity index (χ0n) is 10.9. The Balaban J connectivity index is 3.09. The highest BCUT2D eigenvalue weighted by molar-refractivity contribution is 5.76. The lowest BCUT2D eigenvalue weighted by Gasteiger charge is -2.25. The van der Waals surface area contributed by atoms with E-state index in [4.69, 9.17) is 0 Å². The van der Waals surface area contributed by atoms with Crippen molar-refractivity contribution in [3.05, 3.63) is 34.9 Å². The summed E-state index contributed by atoms with van der Waals surface area (Å²) < 4.78 is 0. The van der Waals surface area contributed by atoms with E-state index in [0.29, 0.717) is 6.42 Å². The Morgan fingerprint density at radius 1 is 1.31 bits per heavy atom. The summed E-state index contributed by atoms with van der Waals surface area (Å²) in [7, 11) is 4.05. The molecule has 0 fully saturated rings. The van der Waals surface area contributed by atoms with Gasteiger partial charge < -0.3 is 4.90 Å². The summed E-state index contributed by atoms with van der Waals surface area (Å²) in [6.07, 6.45) is 0.581. The Morgan fingerprint density at radius 3 is 2.44 bits per heavy atom. The predicted molar refractivity (Wildman–Crippen MR) is 67.6 cm³/mol. The Morgan fingerprint density at radius 2 is 1.94 bits per heavy atom. The van der Waals surface area contributed by atoms with Crippen LogP contribution in [0.1, 0.15) is 36.1 Å². The van der Waals surface area contributed by atoms with E-state index in [0.717, 1.165) is 0 Å². The van der Waals surface area contributed by atoms with Gasteiger partial charge in [-0.15, -0.1) is 0 Å². The third-order valence-electron chi connectivity index (χ3n) is 2.90. The summed E-state index contributed by atoms with van der Waals surface area (Å²) in [5.41, 5.74) is 3.77. The van der Waals surface area contributed by atoms with Crippen LogP contribution in [0.25, 0.3) is 0 Å². The molecule has 1 unspecified atom stereocenters. The number of ketones is 1. The molecular formula is C14H21NO. The van der Waals surface area contributed by atoms with E-state index in [2.05, 4.69) is 36.9 Å². The first-order valence-corrected chi connectivity index (χ1v) is 5.65. The van der Waals surface area contributed by atoms with Gasteiger partial charge in [-0.1, -0.05) is 23.8 Å². The molecule has 2 heteroatoms. The van der Waals surface area contributed by atoms with E-state index in [1.54, 1.807) is 6.92 Å². The molecule has 0 saturated heterocycles. The quantitative estimate of drug-likeness (QED) is 0.776. The standard InChI is InChI=1S/C14H21NO/c1-10-6-7-11(2)13(8-10)14(15(4)5)9-12(3)16/h6-8,14H,9H2,1-5H3. The summed E-state index contributed by atoms with van der Waals surface area (Å²) in [5.74, 6) is 0.236. The van der Waals surface area contributed by atoms with Gasteiger partial charge in [0.1, 0.15) is 5.78 Å². The fourth-order valence-corrected chi connectivity index (χ4v) is 1.96. The van der Waals surface area contributed by atoms with E-state index in [1.807, 2.05) is 14.1 Å². The van der Waals surface area contributed by atoms with Gasteiger partial charge in [-0.05, 0) is 46.0 Å². The first kappa shape index (κ1) is 12.9. The van der Waals surface area contributed by atoms with Crippen LogP contribution in [0.2, 0.25) is 0 Å². The third-order valence-corrected chi connectivity index (χ3v) is 2.90. The lowest BCUT2D eigenvalue weighted by atomic mass is 9.95. The van der Waals surface area contributed by atoms with Gasteiger partial charge in [0.15, 0.2) is 0 Å². The number of Topliss-reactive ketones (excluding diaryl/α,β-unsaturated/α-hetero) is 1. The summed E-state index contributed by atoms with van der Waals surface area (Å²) in [5, 5.41) is 0. The van der Waals surface area contributed by atoms with Gasteiger partial charge in [0.2, 0.25) is 0 Å². The first-order chi connectivity index (χ1) is 7.41. The second-order valence-electron chi connectivity index (χ2n) is 4.75. The molecule has 0 spiro atoms. The van der Waals surface area contributed by atoms with Crippen molar-refractivity contribution in [2.24, 2.45) is 0 Å². The molecule has 1 rings (SSSR count). The van der Waals surface area contributed by atoms with Gasteiger partial charge in [0.25, 0.3) is 0 Å². The van der Waals surface area contributed by atoms with Crippen LogP contribution >= 0.6 is 0 Å². The molecule has 0 radical (unpaired) electrons. The van der Waals surface area contributed by atoms with Gasteiger partial charge in [0, 0.05) is 12.5 Å². The minimum absolute atomic E-state index is 0.192. The van der Waals surface area contributed by atoms with Crippen LogP contribution in [0.5, 0.6) is 0 Å². The van der Waals surface area contributed by atoms with Crippen LogP contribution < -0.4 is 0 Å². The van der Waals surface area contributed by atoms with Crippen molar-refractivity contribution in [3.8, 4) is 0 Å². The Labute approximate surface area is 98.3 Å². The number of rotatable bonds is 4. The van der Waals surface area contributed by atoms with E-state index >= 15 is 0 Å². The highest BCUT2D eigenvalue weighted by atomic mass is 16.1. The molecule has 1 aromatic rings. The molecule has 0 N–H and O–H groups in total. The van der Waals surface area contributed by atoms with Crippen LogP contribution in [0, 0.1) is 13.8 Å². The number of benzene rings is 1. The SMILES string of the molecule is CC(=O)CC(c1cc(C)ccc1C)N(C)C. The number of carbonyl (C=O) groups excluding carboxylic acids is 1. The maximum atomic E-state index is 11.3. The monoisotopic (exact) mass is 219 g/mol. The van der Waals surface area contributed by atoms with Gasteiger partial charge in [-0.25, -0.2) is 0 Å². The molecule has 1 atom stereocenters. The van der Waals surface area contributed by atoms with Crippen molar-refractivity contribution in [1.29, 1.82) is 0 Å². The molecule has 0 bridgehead atoms. The number of hydrogen-bond donors (Lipinski definition) is 0. The molecular weight excluding hydrogens is 198 g/mol. The molecule has 88 valence electrons. The van der Waals surface area contributed by atoms with Gasteiger partial charge in [0.05, 0.1) is 0 Å². The van der Waals surface area contributed by atoms with Gasteiger partial charge in [-0.3, -0.25) is 4.79 Å². The molecule has 0 aliphatic rings. The largest absolute Gasteiger partial charge is 0.302 e. The van der Waals surface area contributed by atoms with E-state index in [1.165, 1.54) is 16.7 Å². The van der Waals surface area contributed by atoms with Crippen LogP contribution in [-0.2, 0) is 4.79 Å². The average molecular weight is 219 g/mol. The molecule has 0 saturated carbocycles. The van der Waals surface area contributed by atoms with Crippen LogP contribution in [0.15, 0.2) is 18.2 Å². The highest BCUT2D eigenvalue weighted by Gasteiger charge is 2.17. The minimum atomic E-state index is 0.192. The van der Waals surface area contributed by atoms with Crippen LogP contribution in [0.3, 0.4) is 0 Å². The molecule has 0 aromatic heterocycles. The molecule has 16 heavy (non-hydrogen) atoms. The molecule has 2 nitrogen and oxygen atoms in total. The molecule has 0 aliphatic heterocycles. The molecule has 0 heterocycles. The van der Waals surface area contributed by atoms with Crippen molar-refractivity contribution in [3.63, 3.8) is 0 Å². The van der Waals surface area contributed by atoms with E-state index < -0.39 is 0 Å². The number of aryl methyl sites for hydroxylation is 2. The lowest BCUT2D eigenvalue weighted by molar-refractivity contribution is -0.118. The third kappa shape index (κ3) is 3.17. The van der Waals surface area contributed by atoms with Crippen LogP contribution in [-0.4, -0.2) is 24.8 Å². The number of carbonyl (C=O) groups is 1. The van der Waals surface area contributed by atoms with Gasteiger partial charge in [-0.2, -0.15) is 0 Å². The second-order valence-corrected chi connectivity index (χ2v) is 4.75. The maximum absolute atomic E-state index is 11.3. The number of nitrogens with zero attached hydrogens (tertiary/aromatic N) is 1. The summed E-state index contributed by atoms with van der Waals surface area (Å²) in [6, 6.07) is 6.61. The summed E-state index contributed by atoms with van der Waals surface area (Å²) in [4.78, 5) is 13.4. The van der Waals surface area contributed by atoms with Crippen molar-refractivity contribution < 1.29 is 4.79 Å². The van der Waals surface area contributed by atoms with Crippen molar-refractivity contribution in [2.75, 3.05) is 14.1 Å². The summed E-state index contributed by atoms with van der Waals surface area (Å²) >= 11 is 0. The second kappa shape index (κ2) is 5.26. The Bertz CT molecular complexity index is 382. The lowest BCUT2D eigenvalue weighted by Crippen LogP contribution is -2.23. The molecule has 1 aromatic carbocycles. The highest BCUT2D eigenvalue weighted by Crippen LogP contribution is 2.26. The van der Waals surface area contributed by atoms with Crippen molar-refractivity contribution in [2.45, 2.75) is 33.2 Å². The van der Waals surface area contributed by atoms with Gasteiger partial charge >= 0.3 is 0 Å². The Kier molecular flexibility index (Phi) is 4.25. The normalized spacial score (nSPS) is 12.9. The van der Waals surface area contributed by atoms with Crippen molar-refractivity contribution >= 4 is 5.78 Å².